The summed E-state index contributed by atoms with van der Waals surface area (Å²) in [6.07, 6.45) is 5.89. The summed E-state index contributed by atoms with van der Waals surface area (Å²) in [5, 5.41) is 16.2. The number of benzene rings is 2. The van der Waals surface area contributed by atoms with Crippen LogP contribution in [0.2, 0.25) is 5.02 Å². The van der Waals surface area contributed by atoms with Gasteiger partial charge in [-0.05, 0) is 56.0 Å². The number of ether oxygens (including phenoxy) is 1. The van der Waals surface area contributed by atoms with Crippen LogP contribution in [0.5, 0.6) is 0 Å². The van der Waals surface area contributed by atoms with Crippen molar-refractivity contribution < 1.29 is 9.53 Å². The van der Waals surface area contributed by atoms with E-state index in [1.165, 1.54) is 29.5 Å². The number of aromatic nitrogens is 4. The zero-order valence-electron chi connectivity index (χ0n) is 19.6. The van der Waals surface area contributed by atoms with Crippen LogP contribution in [0.15, 0.2) is 65.1 Å². The van der Waals surface area contributed by atoms with E-state index in [-0.39, 0.29) is 17.8 Å². The summed E-state index contributed by atoms with van der Waals surface area (Å²) in [7, 11) is 0. The van der Waals surface area contributed by atoms with Crippen LogP contribution in [0, 0.1) is 0 Å². The van der Waals surface area contributed by atoms with Gasteiger partial charge in [0.25, 0.3) is 0 Å². The highest BCUT2D eigenvalue weighted by atomic mass is 35.5. The lowest BCUT2D eigenvalue weighted by Gasteiger charge is -2.21. The molecule has 2 aromatic heterocycles. The first-order valence-electron chi connectivity index (χ1n) is 11.9. The minimum Gasteiger partial charge on any atom is -0.462 e. The van der Waals surface area contributed by atoms with Gasteiger partial charge in [-0.2, -0.15) is 0 Å². The number of hydrogen-bond donors (Lipinski definition) is 1. The Morgan fingerprint density at radius 1 is 1.11 bits per heavy atom. The smallest absolute Gasteiger partial charge is 0.316 e. The summed E-state index contributed by atoms with van der Waals surface area (Å²) in [6, 6.07) is 17.5. The molecule has 0 aliphatic heterocycles. The number of hydrogen-bond acceptors (Lipinski definition) is 8. The number of halogens is 1. The molecule has 0 unspecified atom stereocenters. The summed E-state index contributed by atoms with van der Waals surface area (Å²) in [5.41, 5.74) is 2.70. The van der Waals surface area contributed by atoms with Crippen LogP contribution in [-0.4, -0.2) is 37.6 Å². The normalized spacial score (nSPS) is 14.0. The number of rotatable bonds is 9. The molecule has 2 aromatic carbocycles. The predicted molar refractivity (Wildman–Crippen MR) is 145 cm³/mol. The van der Waals surface area contributed by atoms with Crippen LogP contribution in [0.25, 0.3) is 5.69 Å². The van der Waals surface area contributed by atoms with Crippen molar-refractivity contribution in [3.63, 3.8) is 0 Å². The quantitative estimate of drug-likeness (QED) is 0.188. The molecule has 1 aliphatic carbocycles. The number of carbonyl (C=O) groups excluding carboxylic acids is 1. The molecule has 1 saturated carbocycles. The van der Waals surface area contributed by atoms with E-state index in [4.69, 9.17) is 21.3 Å². The predicted octanol–water partition coefficient (Wildman–Crippen LogP) is 6.68. The van der Waals surface area contributed by atoms with Gasteiger partial charge in [0, 0.05) is 16.1 Å². The van der Waals surface area contributed by atoms with Gasteiger partial charge in [0.15, 0.2) is 10.3 Å². The van der Waals surface area contributed by atoms with E-state index in [0.717, 1.165) is 53.7 Å². The van der Waals surface area contributed by atoms with Crippen molar-refractivity contribution in [1.82, 2.24) is 19.7 Å². The van der Waals surface area contributed by atoms with Crippen LogP contribution in [-0.2, 0) is 16.0 Å². The molecule has 0 amide bonds. The molecule has 7 nitrogen and oxygen atoms in total. The molecule has 0 spiro atoms. The van der Waals surface area contributed by atoms with Crippen LogP contribution in [0.4, 0.5) is 10.8 Å². The van der Waals surface area contributed by atoms with Gasteiger partial charge in [-0.1, -0.05) is 54.0 Å². The average molecular weight is 540 g/mol. The minimum absolute atomic E-state index is 0.0385. The second-order valence-electron chi connectivity index (χ2n) is 8.56. The van der Waals surface area contributed by atoms with E-state index in [9.17, 15) is 4.79 Å². The lowest BCUT2D eigenvalue weighted by Crippen LogP contribution is -2.22. The Kier molecular flexibility index (Phi) is 8.20. The summed E-state index contributed by atoms with van der Waals surface area (Å²) < 4.78 is 7.62. The van der Waals surface area contributed by atoms with Crippen molar-refractivity contribution in [2.75, 3.05) is 11.1 Å². The molecular weight excluding hydrogens is 514 g/mol. The molecule has 36 heavy (non-hydrogen) atoms. The monoisotopic (exact) mass is 539 g/mol. The molecule has 0 radical (unpaired) electrons. The molecule has 4 aromatic rings. The molecule has 2 heterocycles. The van der Waals surface area contributed by atoms with E-state index in [0.29, 0.717) is 16.6 Å². The lowest BCUT2D eigenvalue weighted by atomic mass is 9.98. The first-order valence-corrected chi connectivity index (χ1v) is 14.2. The van der Waals surface area contributed by atoms with Gasteiger partial charge in [0.05, 0.1) is 23.6 Å². The number of carbonyl (C=O) groups is 1. The van der Waals surface area contributed by atoms with Crippen molar-refractivity contribution in [3.8, 4) is 5.69 Å². The van der Waals surface area contributed by atoms with E-state index in [1.54, 1.807) is 0 Å². The highest BCUT2D eigenvalue weighted by Gasteiger charge is 2.21. The number of thioether (sulfide) groups is 1. The first kappa shape index (κ1) is 24.8. The molecule has 10 heteroatoms. The molecule has 1 fully saturated rings. The number of nitrogens with zero attached hydrogens (tertiary/aromatic N) is 4. The van der Waals surface area contributed by atoms with E-state index < -0.39 is 0 Å². The third-order valence-corrected chi connectivity index (χ3v) is 7.80. The fourth-order valence-electron chi connectivity index (χ4n) is 4.16. The maximum atomic E-state index is 12.5. The topological polar surface area (TPSA) is 81.9 Å². The third kappa shape index (κ3) is 6.46. The van der Waals surface area contributed by atoms with E-state index in [1.807, 2.05) is 64.5 Å². The van der Waals surface area contributed by atoms with E-state index in [2.05, 4.69) is 15.5 Å². The highest BCUT2D eigenvalue weighted by Crippen LogP contribution is 2.28. The summed E-state index contributed by atoms with van der Waals surface area (Å²) in [5.74, 6) is 0.680. The van der Waals surface area contributed by atoms with Crippen molar-refractivity contribution >= 4 is 51.5 Å². The Morgan fingerprint density at radius 3 is 2.75 bits per heavy atom. The molecule has 186 valence electrons. The second kappa shape index (κ2) is 11.9. The van der Waals surface area contributed by atoms with Gasteiger partial charge >= 0.3 is 5.97 Å². The molecular formula is C26H26ClN5O2S2. The zero-order chi connectivity index (χ0) is 24.7. The number of para-hydroxylation sites is 1. The highest BCUT2D eigenvalue weighted by molar-refractivity contribution is 7.99. The number of nitrogens with one attached hydrogen (secondary N) is 1. The van der Waals surface area contributed by atoms with Gasteiger partial charge < -0.3 is 10.1 Å². The van der Waals surface area contributed by atoms with Gasteiger partial charge in [0.1, 0.15) is 11.9 Å². The summed E-state index contributed by atoms with van der Waals surface area (Å²) in [6.45, 7) is 0. The lowest BCUT2D eigenvalue weighted by molar-refractivity contribution is -0.147. The largest absolute Gasteiger partial charge is 0.462 e. The summed E-state index contributed by atoms with van der Waals surface area (Å²) >= 11 is 9.15. The Morgan fingerprint density at radius 2 is 1.94 bits per heavy atom. The third-order valence-electron chi connectivity index (χ3n) is 5.85. The Bertz CT molecular complexity index is 1300. The van der Waals surface area contributed by atoms with Gasteiger partial charge in [-0.25, -0.2) is 4.98 Å². The van der Waals surface area contributed by atoms with E-state index >= 15 is 0 Å². The summed E-state index contributed by atoms with van der Waals surface area (Å²) in [4.78, 5) is 17.2. The molecule has 0 bridgehead atoms. The average Bonchev–Trinajstić information content (AvgIpc) is 3.50. The minimum atomic E-state index is -0.217. The Balaban J connectivity index is 1.32. The molecule has 1 N–H and O–H groups in total. The van der Waals surface area contributed by atoms with Gasteiger partial charge in [-0.15, -0.1) is 21.5 Å². The number of anilines is 2. The second-order valence-corrected chi connectivity index (χ2v) is 10.8. The number of thiazole rings is 1. The van der Waals surface area contributed by atoms with Gasteiger partial charge in [0.2, 0.25) is 0 Å². The Hall–Kier alpha value is -2.88. The number of esters is 1. The fourth-order valence-corrected chi connectivity index (χ4v) is 5.83. The van der Waals surface area contributed by atoms with Crippen molar-refractivity contribution in [1.29, 1.82) is 0 Å². The molecule has 5 rings (SSSR count). The van der Waals surface area contributed by atoms with Crippen molar-refractivity contribution in [3.05, 3.63) is 76.5 Å². The maximum absolute atomic E-state index is 12.5. The Labute approximate surface area is 223 Å². The van der Waals surface area contributed by atoms with Crippen LogP contribution >= 0.6 is 34.7 Å². The fraction of sp³-hybridized carbons (Fsp3) is 0.308. The van der Waals surface area contributed by atoms with Crippen LogP contribution in [0.3, 0.4) is 0 Å². The standard InChI is InChI=1S/C26H26ClN5O2S2/c27-18-8-7-11-21(14-18)32-23(15-20-16-35-25(29-20)28-19-9-3-1-4-10-19)30-31-26(32)36-17-24(33)34-22-12-5-2-6-13-22/h1,3-4,7-11,14,16,22H,2,5-6,12-13,15,17H2,(H,28,29). The molecule has 0 atom stereocenters. The van der Waals surface area contributed by atoms with Crippen molar-refractivity contribution in [2.45, 2.75) is 49.8 Å². The van der Waals surface area contributed by atoms with Crippen LogP contribution in [0.1, 0.15) is 43.6 Å². The van der Waals surface area contributed by atoms with Crippen molar-refractivity contribution in [2.24, 2.45) is 0 Å². The molecule has 1 aliphatic rings. The maximum Gasteiger partial charge on any atom is 0.316 e. The molecule has 0 saturated heterocycles. The zero-order valence-corrected chi connectivity index (χ0v) is 22.0. The van der Waals surface area contributed by atoms with Gasteiger partial charge in [-0.3, -0.25) is 9.36 Å². The van der Waals surface area contributed by atoms with Crippen LogP contribution < -0.4 is 5.32 Å². The SMILES string of the molecule is O=C(CSc1nnc(Cc2csc(Nc3ccccc3)n2)n1-c1cccc(Cl)c1)OC1CCCCC1. The first-order chi connectivity index (χ1) is 17.6.